The lowest BCUT2D eigenvalue weighted by molar-refractivity contribution is 0.166. The maximum Gasteiger partial charge on any atom is 0.0925 e. The maximum absolute atomic E-state index is 4.56. The molecule has 1 saturated carbocycles. The molecular formula is C16H23N5. The van der Waals surface area contributed by atoms with Crippen molar-refractivity contribution in [2.45, 2.75) is 51.1 Å². The molecule has 0 bridgehead atoms. The molecule has 1 aliphatic carbocycles. The summed E-state index contributed by atoms with van der Waals surface area (Å²) < 4.78 is 2.08. The van der Waals surface area contributed by atoms with E-state index < -0.39 is 0 Å². The predicted octanol–water partition coefficient (Wildman–Crippen LogP) is 2.53. The molecule has 2 aromatic heterocycles. The van der Waals surface area contributed by atoms with Crippen LogP contribution in [0.25, 0.3) is 0 Å². The number of H-pyrrole nitrogens is 1. The Balaban J connectivity index is 1.60. The standard InChI is InChI=1S/C16H23N5/c1-3-14-15-13(17-10-18-15)6-7-21(14)9-12-8-19-20(2)16(12)11-4-5-11/h8,10-11,14H,3-7,9H2,1-2H3,(H,17,18)/t14-/m1/s1. The largest absolute Gasteiger partial charge is 0.348 e. The van der Waals surface area contributed by atoms with Crippen molar-refractivity contribution in [3.05, 3.63) is 35.2 Å². The van der Waals surface area contributed by atoms with E-state index in [2.05, 4.69) is 44.8 Å². The van der Waals surface area contributed by atoms with E-state index in [0.717, 1.165) is 31.8 Å². The zero-order valence-corrected chi connectivity index (χ0v) is 12.8. The van der Waals surface area contributed by atoms with Crippen LogP contribution < -0.4 is 0 Å². The highest BCUT2D eigenvalue weighted by atomic mass is 15.3. The Kier molecular flexibility index (Phi) is 3.10. The first-order valence-electron chi connectivity index (χ1n) is 8.05. The third-order valence-corrected chi connectivity index (χ3v) is 4.95. The van der Waals surface area contributed by atoms with E-state index in [1.165, 1.54) is 35.5 Å². The first-order chi connectivity index (χ1) is 10.3. The van der Waals surface area contributed by atoms with Crippen LogP contribution in [0, 0.1) is 0 Å². The molecule has 1 fully saturated rings. The van der Waals surface area contributed by atoms with Crippen molar-refractivity contribution in [1.82, 2.24) is 24.6 Å². The molecular weight excluding hydrogens is 262 g/mol. The molecule has 21 heavy (non-hydrogen) atoms. The van der Waals surface area contributed by atoms with E-state index in [4.69, 9.17) is 0 Å². The Morgan fingerprint density at radius 2 is 2.24 bits per heavy atom. The van der Waals surface area contributed by atoms with E-state index in [9.17, 15) is 0 Å². The van der Waals surface area contributed by atoms with Crippen LogP contribution in [0.4, 0.5) is 0 Å². The summed E-state index contributed by atoms with van der Waals surface area (Å²) in [6.45, 7) is 4.36. The lowest BCUT2D eigenvalue weighted by atomic mass is 9.99. The Hall–Kier alpha value is -1.62. The molecule has 0 aromatic carbocycles. The van der Waals surface area contributed by atoms with Crippen molar-refractivity contribution in [2.24, 2.45) is 7.05 Å². The molecule has 5 heteroatoms. The normalized spacial score (nSPS) is 22.5. The second kappa shape index (κ2) is 4.98. The van der Waals surface area contributed by atoms with Gasteiger partial charge in [-0.25, -0.2) is 4.98 Å². The SMILES string of the molecule is CC[C@@H]1c2nc[nH]c2CCN1Cc1cnn(C)c1C1CC1. The molecule has 0 unspecified atom stereocenters. The van der Waals surface area contributed by atoms with Gasteiger partial charge in [0.25, 0.3) is 0 Å². The lowest BCUT2D eigenvalue weighted by Crippen LogP contribution is -2.35. The van der Waals surface area contributed by atoms with Crippen LogP contribution >= 0.6 is 0 Å². The first kappa shape index (κ1) is 13.1. The number of hydrogen-bond donors (Lipinski definition) is 1. The Labute approximate surface area is 125 Å². The smallest absolute Gasteiger partial charge is 0.0925 e. The summed E-state index contributed by atoms with van der Waals surface area (Å²) in [5.41, 5.74) is 5.45. The highest BCUT2D eigenvalue weighted by molar-refractivity contribution is 5.27. The van der Waals surface area contributed by atoms with E-state index in [1.54, 1.807) is 0 Å². The number of imidazole rings is 1. The summed E-state index contributed by atoms with van der Waals surface area (Å²) in [7, 11) is 2.08. The summed E-state index contributed by atoms with van der Waals surface area (Å²) in [5, 5.41) is 4.50. The van der Waals surface area contributed by atoms with Crippen LogP contribution in [-0.2, 0) is 20.0 Å². The Bertz CT molecular complexity index is 637. The quantitative estimate of drug-likeness (QED) is 0.939. The molecule has 0 spiro atoms. The van der Waals surface area contributed by atoms with Gasteiger partial charge in [-0.2, -0.15) is 5.10 Å². The second-order valence-electron chi connectivity index (χ2n) is 6.36. The summed E-state index contributed by atoms with van der Waals surface area (Å²) in [4.78, 5) is 10.4. The van der Waals surface area contributed by atoms with Crippen molar-refractivity contribution in [1.29, 1.82) is 0 Å². The third kappa shape index (κ3) is 2.20. The van der Waals surface area contributed by atoms with Crippen LogP contribution in [-0.4, -0.2) is 31.2 Å². The van der Waals surface area contributed by atoms with E-state index in [-0.39, 0.29) is 0 Å². The number of fused-ring (bicyclic) bond motifs is 1. The fourth-order valence-corrected chi connectivity index (χ4v) is 3.76. The molecule has 2 aliphatic rings. The zero-order valence-electron chi connectivity index (χ0n) is 12.8. The van der Waals surface area contributed by atoms with Gasteiger partial charge in [0.05, 0.1) is 24.3 Å². The maximum atomic E-state index is 4.56. The molecule has 5 nitrogen and oxygen atoms in total. The molecule has 1 aliphatic heterocycles. The number of aromatic nitrogens is 4. The van der Waals surface area contributed by atoms with Crippen LogP contribution in [0.2, 0.25) is 0 Å². The van der Waals surface area contributed by atoms with Gasteiger partial charge in [-0.05, 0) is 19.3 Å². The van der Waals surface area contributed by atoms with E-state index >= 15 is 0 Å². The monoisotopic (exact) mass is 285 g/mol. The van der Waals surface area contributed by atoms with E-state index in [0.29, 0.717) is 6.04 Å². The highest BCUT2D eigenvalue weighted by Gasteiger charge is 2.32. The molecule has 0 saturated heterocycles. The minimum Gasteiger partial charge on any atom is -0.348 e. The minimum absolute atomic E-state index is 0.437. The number of nitrogens with zero attached hydrogens (tertiary/aromatic N) is 4. The van der Waals surface area contributed by atoms with Gasteiger partial charge in [-0.15, -0.1) is 0 Å². The molecule has 1 N–H and O–H groups in total. The van der Waals surface area contributed by atoms with Crippen LogP contribution in [0.3, 0.4) is 0 Å². The molecule has 3 heterocycles. The van der Waals surface area contributed by atoms with Crippen LogP contribution in [0.5, 0.6) is 0 Å². The van der Waals surface area contributed by atoms with Crippen molar-refractivity contribution in [2.75, 3.05) is 6.54 Å². The molecule has 2 aromatic rings. The Morgan fingerprint density at radius 3 is 3.00 bits per heavy atom. The number of aromatic amines is 1. The van der Waals surface area contributed by atoms with Crippen molar-refractivity contribution in [3.8, 4) is 0 Å². The van der Waals surface area contributed by atoms with Gasteiger partial charge in [0, 0.05) is 49.4 Å². The van der Waals surface area contributed by atoms with Gasteiger partial charge in [-0.3, -0.25) is 9.58 Å². The molecule has 4 rings (SSSR count). The second-order valence-corrected chi connectivity index (χ2v) is 6.36. The van der Waals surface area contributed by atoms with Gasteiger partial charge in [-0.1, -0.05) is 6.92 Å². The molecule has 0 radical (unpaired) electrons. The topological polar surface area (TPSA) is 49.7 Å². The van der Waals surface area contributed by atoms with Gasteiger partial charge in [0.15, 0.2) is 0 Å². The highest BCUT2D eigenvalue weighted by Crippen LogP contribution is 2.42. The lowest BCUT2D eigenvalue weighted by Gasteiger charge is -2.34. The number of nitrogens with one attached hydrogen (secondary N) is 1. The zero-order chi connectivity index (χ0) is 14.4. The van der Waals surface area contributed by atoms with Crippen molar-refractivity contribution >= 4 is 0 Å². The van der Waals surface area contributed by atoms with Crippen molar-refractivity contribution in [3.63, 3.8) is 0 Å². The average Bonchev–Trinajstić information content (AvgIpc) is 3.08. The Morgan fingerprint density at radius 1 is 1.38 bits per heavy atom. The molecule has 0 amide bonds. The summed E-state index contributed by atoms with van der Waals surface area (Å²) in [6, 6.07) is 0.437. The van der Waals surface area contributed by atoms with Gasteiger partial charge in [0.1, 0.15) is 0 Å². The predicted molar refractivity (Wildman–Crippen MR) is 80.9 cm³/mol. The average molecular weight is 285 g/mol. The summed E-state index contributed by atoms with van der Waals surface area (Å²) in [6.07, 6.45) is 8.75. The minimum atomic E-state index is 0.437. The fourth-order valence-electron chi connectivity index (χ4n) is 3.76. The molecule has 1 atom stereocenters. The van der Waals surface area contributed by atoms with Gasteiger partial charge in [0.2, 0.25) is 0 Å². The van der Waals surface area contributed by atoms with Gasteiger partial charge >= 0.3 is 0 Å². The van der Waals surface area contributed by atoms with E-state index in [1.807, 2.05) is 6.33 Å². The summed E-state index contributed by atoms with van der Waals surface area (Å²) in [5.74, 6) is 0.748. The van der Waals surface area contributed by atoms with Gasteiger partial charge < -0.3 is 4.98 Å². The van der Waals surface area contributed by atoms with Crippen molar-refractivity contribution < 1.29 is 0 Å². The van der Waals surface area contributed by atoms with Crippen LogP contribution in [0.1, 0.15) is 60.8 Å². The molecule has 112 valence electrons. The fraction of sp³-hybridized carbons (Fsp3) is 0.625. The first-order valence-corrected chi connectivity index (χ1v) is 8.05. The van der Waals surface area contributed by atoms with Crippen LogP contribution in [0.15, 0.2) is 12.5 Å². The third-order valence-electron chi connectivity index (χ3n) is 4.95. The number of hydrogen-bond acceptors (Lipinski definition) is 3. The number of rotatable bonds is 4. The summed E-state index contributed by atoms with van der Waals surface area (Å²) >= 11 is 0. The number of aryl methyl sites for hydroxylation is 1.